The molecule has 0 saturated heterocycles. The Bertz CT molecular complexity index is 1090. The zero-order valence-electron chi connectivity index (χ0n) is 17.9. The SMILES string of the molecule is CNC(=O)C(C)(C)NC(=O)C(=O)c1cc(C(=O)Nc2ccc(C)c(F)c2)n2c1CCC2. The Hall–Kier alpha value is -3.49. The molecule has 0 saturated carbocycles. The number of fused-ring (bicyclic) bond motifs is 1. The van der Waals surface area contributed by atoms with Gasteiger partial charge in [0, 0.05) is 30.5 Å². The van der Waals surface area contributed by atoms with E-state index in [4.69, 9.17) is 0 Å². The van der Waals surface area contributed by atoms with Gasteiger partial charge >= 0.3 is 0 Å². The second-order valence-electron chi connectivity index (χ2n) is 8.05. The number of ketones is 1. The Morgan fingerprint density at radius 1 is 1.13 bits per heavy atom. The lowest BCUT2D eigenvalue weighted by Gasteiger charge is -2.23. The molecule has 0 spiro atoms. The number of amides is 3. The Morgan fingerprint density at radius 2 is 1.84 bits per heavy atom. The van der Waals surface area contributed by atoms with E-state index in [1.54, 1.807) is 23.6 Å². The molecule has 0 fully saturated rings. The number of aromatic nitrogens is 1. The van der Waals surface area contributed by atoms with Crippen molar-refractivity contribution in [2.75, 3.05) is 12.4 Å². The summed E-state index contributed by atoms with van der Waals surface area (Å²) < 4.78 is 15.5. The van der Waals surface area contributed by atoms with Crippen molar-refractivity contribution in [1.82, 2.24) is 15.2 Å². The van der Waals surface area contributed by atoms with Crippen LogP contribution in [0.2, 0.25) is 0 Å². The number of hydrogen-bond acceptors (Lipinski definition) is 4. The third kappa shape index (κ3) is 4.35. The minimum atomic E-state index is -1.28. The third-order valence-electron chi connectivity index (χ3n) is 5.34. The monoisotopic (exact) mass is 428 g/mol. The highest BCUT2D eigenvalue weighted by molar-refractivity contribution is 6.43. The minimum absolute atomic E-state index is 0.128. The average molecular weight is 428 g/mol. The lowest BCUT2D eigenvalue weighted by Crippen LogP contribution is -2.55. The molecule has 0 atom stereocenters. The third-order valence-corrected chi connectivity index (χ3v) is 5.34. The van der Waals surface area contributed by atoms with Crippen LogP contribution in [0.4, 0.5) is 10.1 Å². The van der Waals surface area contributed by atoms with Gasteiger partial charge < -0.3 is 20.5 Å². The van der Waals surface area contributed by atoms with E-state index < -0.39 is 34.9 Å². The fourth-order valence-electron chi connectivity index (χ4n) is 3.60. The van der Waals surface area contributed by atoms with Crippen molar-refractivity contribution < 1.29 is 23.6 Å². The van der Waals surface area contributed by atoms with Crippen LogP contribution in [0.3, 0.4) is 0 Å². The summed E-state index contributed by atoms with van der Waals surface area (Å²) in [5.41, 5.74) is 0.413. The van der Waals surface area contributed by atoms with Crippen LogP contribution < -0.4 is 16.0 Å². The second kappa shape index (κ2) is 8.33. The number of rotatable bonds is 6. The van der Waals surface area contributed by atoms with E-state index in [0.29, 0.717) is 29.9 Å². The summed E-state index contributed by atoms with van der Waals surface area (Å²) in [6, 6.07) is 5.75. The van der Waals surface area contributed by atoms with Gasteiger partial charge in [-0.3, -0.25) is 19.2 Å². The van der Waals surface area contributed by atoms with Crippen molar-refractivity contribution in [2.24, 2.45) is 0 Å². The van der Waals surface area contributed by atoms with E-state index in [-0.39, 0.29) is 11.3 Å². The molecule has 2 heterocycles. The van der Waals surface area contributed by atoms with Crippen LogP contribution in [-0.2, 0) is 22.6 Å². The number of carbonyl (C=O) groups excluding carboxylic acids is 4. The summed E-state index contributed by atoms with van der Waals surface area (Å²) in [7, 11) is 1.43. The molecular formula is C22H25FN4O4. The van der Waals surface area contributed by atoms with Crippen molar-refractivity contribution in [3.63, 3.8) is 0 Å². The van der Waals surface area contributed by atoms with Gasteiger partial charge in [-0.2, -0.15) is 0 Å². The lowest BCUT2D eigenvalue weighted by molar-refractivity contribution is -0.130. The summed E-state index contributed by atoms with van der Waals surface area (Å²) in [6.07, 6.45) is 1.26. The summed E-state index contributed by atoms with van der Waals surface area (Å²) in [4.78, 5) is 50.1. The first-order valence-electron chi connectivity index (χ1n) is 9.94. The van der Waals surface area contributed by atoms with Gasteiger partial charge in [-0.15, -0.1) is 0 Å². The Morgan fingerprint density at radius 3 is 2.48 bits per heavy atom. The zero-order valence-corrected chi connectivity index (χ0v) is 17.9. The van der Waals surface area contributed by atoms with Gasteiger partial charge in [0.2, 0.25) is 5.91 Å². The first-order chi connectivity index (χ1) is 14.5. The highest BCUT2D eigenvalue weighted by Crippen LogP contribution is 2.26. The number of Topliss-reactive ketones (excluding diaryl/α,β-unsaturated/α-hetero) is 1. The molecule has 31 heavy (non-hydrogen) atoms. The lowest BCUT2D eigenvalue weighted by atomic mass is 10.0. The van der Waals surface area contributed by atoms with Crippen LogP contribution in [0, 0.1) is 12.7 Å². The van der Waals surface area contributed by atoms with E-state index in [1.807, 2.05) is 0 Å². The van der Waals surface area contributed by atoms with Crippen molar-refractivity contribution in [3.05, 3.63) is 52.6 Å². The molecule has 3 N–H and O–H groups in total. The Labute approximate surface area is 179 Å². The standard InChI is InChI=1S/C22H25FN4O4/c1-12-7-8-13(10-15(12)23)25-19(29)17-11-14(16-6-5-9-27(16)17)18(28)20(30)26-22(2,3)21(31)24-4/h7-8,10-11H,5-6,9H2,1-4H3,(H,24,31)(H,25,29)(H,26,30). The highest BCUT2D eigenvalue weighted by Gasteiger charge is 2.34. The van der Waals surface area contributed by atoms with Crippen molar-refractivity contribution >= 4 is 29.2 Å². The van der Waals surface area contributed by atoms with Gasteiger partial charge in [0.1, 0.15) is 17.1 Å². The van der Waals surface area contributed by atoms with Crippen molar-refractivity contribution in [1.29, 1.82) is 0 Å². The molecule has 0 radical (unpaired) electrons. The normalized spacial score (nSPS) is 12.8. The van der Waals surface area contributed by atoms with Crippen molar-refractivity contribution in [2.45, 2.75) is 45.7 Å². The van der Waals surface area contributed by atoms with Crippen LogP contribution in [0.1, 0.15) is 52.4 Å². The molecular weight excluding hydrogens is 403 g/mol. The van der Waals surface area contributed by atoms with E-state index in [9.17, 15) is 23.6 Å². The van der Waals surface area contributed by atoms with Crippen LogP contribution in [0.15, 0.2) is 24.3 Å². The van der Waals surface area contributed by atoms with E-state index in [2.05, 4.69) is 16.0 Å². The molecule has 1 aromatic carbocycles. The van der Waals surface area contributed by atoms with Gasteiger partial charge in [0.25, 0.3) is 17.6 Å². The maximum absolute atomic E-state index is 13.8. The fraction of sp³-hybridized carbons (Fsp3) is 0.364. The minimum Gasteiger partial charge on any atom is -0.357 e. The van der Waals surface area contributed by atoms with Crippen LogP contribution in [-0.4, -0.2) is 40.7 Å². The molecule has 1 aliphatic heterocycles. The molecule has 164 valence electrons. The topological polar surface area (TPSA) is 109 Å². The summed E-state index contributed by atoms with van der Waals surface area (Å²) in [5.74, 6) is -3.13. The van der Waals surface area contributed by atoms with E-state index in [1.165, 1.54) is 33.0 Å². The van der Waals surface area contributed by atoms with E-state index >= 15 is 0 Å². The zero-order chi connectivity index (χ0) is 22.9. The van der Waals surface area contributed by atoms with Crippen LogP contribution in [0.25, 0.3) is 0 Å². The number of halogens is 1. The molecule has 0 unspecified atom stereocenters. The molecule has 9 heteroatoms. The number of anilines is 1. The van der Waals surface area contributed by atoms with Crippen molar-refractivity contribution in [3.8, 4) is 0 Å². The molecule has 0 bridgehead atoms. The van der Waals surface area contributed by atoms with Gasteiger partial charge in [-0.05, 0) is 57.4 Å². The molecule has 1 aliphatic rings. The molecule has 2 aromatic rings. The van der Waals surface area contributed by atoms with E-state index in [0.717, 1.165) is 6.42 Å². The van der Waals surface area contributed by atoms with Gasteiger partial charge in [-0.1, -0.05) is 6.07 Å². The smallest absolute Gasteiger partial charge is 0.293 e. The number of aryl methyl sites for hydroxylation is 1. The highest BCUT2D eigenvalue weighted by atomic mass is 19.1. The van der Waals surface area contributed by atoms with Gasteiger partial charge in [0.15, 0.2) is 0 Å². The largest absolute Gasteiger partial charge is 0.357 e. The average Bonchev–Trinajstić information content (AvgIpc) is 3.31. The van der Waals surface area contributed by atoms with Crippen LogP contribution in [0.5, 0.6) is 0 Å². The number of nitrogens with one attached hydrogen (secondary N) is 3. The predicted molar refractivity (Wildman–Crippen MR) is 112 cm³/mol. The number of nitrogens with zero attached hydrogens (tertiary/aromatic N) is 1. The summed E-state index contributed by atoms with van der Waals surface area (Å²) >= 11 is 0. The number of likely N-dealkylation sites (N-methyl/N-ethyl adjacent to an activating group) is 1. The quantitative estimate of drug-likeness (QED) is 0.483. The summed E-state index contributed by atoms with van der Waals surface area (Å²) in [6.45, 7) is 5.12. The maximum atomic E-state index is 13.8. The number of hydrogen-bond donors (Lipinski definition) is 3. The van der Waals surface area contributed by atoms with Gasteiger partial charge in [-0.25, -0.2) is 4.39 Å². The number of carbonyl (C=O) groups is 4. The van der Waals surface area contributed by atoms with Crippen LogP contribution >= 0.6 is 0 Å². The molecule has 3 rings (SSSR count). The van der Waals surface area contributed by atoms with Gasteiger partial charge in [0.05, 0.1) is 0 Å². The molecule has 0 aliphatic carbocycles. The first kappa shape index (κ1) is 22.2. The Kier molecular flexibility index (Phi) is 5.97. The maximum Gasteiger partial charge on any atom is 0.293 e. The predicted octanol–water partition coefficient (Wildman–Crippen LogP) is 1.96. The number of benzene rings is 1. The molecule has 1 aromatic heterocycles. The molecule has 8 nitrogen and oxygen atoms in total. The fourth-order valence-corrected chi connectivity index (χ4v) is 3.60. The second-order valence-corrected chi connectivity index (χ2v) is 8.05. The first-order valence-corrected chi connectivity index (χ1v) is 9.94. The molecule has 3 amide bonds. The summed E-state index contributed by atoms with van der Waals surface area (Å²) in [5, 5.41) is 7.50. The Balaban J connectivity index is 1.85.